The number of hydrogen-bond donors (Lipinski definition) is 2. The fraction of sp³-hybridized carbons (Fsp3) is 0.800. The van der Waals surface area contributed by atoms with Gasteiger partial charge in [-0.3, -0.25) is 9.59 Å². The van der Waals surface area contributed by atoms with E-state index in [1.54, 1.807) is 0 Å². The van der Waals surface area contributed by atoms with Crippen LogP contribution in [0.3, 0.4) is 0 Å². The van der Waals surface area contributed by atoms with Gasteiger partial charge in [0, 0.05) is 0 Å². The van der Waals surface area contributed by atoms with Crippen molar-refractivity contribution >= 4 is 11.9 Å². The third-order valence-electron chi connectivity index (χ3n) is 3.35. The minimum absolute atomic E-state index is 0.237. The van der Waals surface area contributed by atoms with Crippen LogP contribution in [0.25, 0.3) is 0 Å². The second-order valence-corrected chi connectivity index (χ2v) is 4.47. The Balaban J connectivity index is 2.75. The molecule has 0 radical (unpaired) electrons. The second-order valence-electron chi connectivity index (χ2n) is 4.47. The summed E-state index contributed by atoms with van der Waals surface area (Å²) in [5, 5.41) is 17.6. The van der Waals surface area contributed by atoms with Gasteiger partial charge in [0.15, 0.2) is 0 Å². The third-order valence-corrected chi connectivity index (χ3v) is 3.35. The van der Waals surface area contributed by atoms with Crippen molar-refractivity contribution in [3.8, 4) is 0 Å². The molecule has 0 atom stereocenters. The highest BCUT2D eigenvalue weighted by Gasteiger charge is 2.49. The Morgan fingerprint density at radius 3 is 1.94 bits per heavy atom. The maximum absolute atomic E-state index is 12.4. The molecule has 98 valence electrons. The molecule has 0 unspecified atom stereocenters. The highest BCUT2D eigenvalue weighted by Crippen LogP contribution is 2.46. The number of carbonyl (C=O) groups is 2. The smallest absolute Gasteiger partial charge is 0.391 e. The molecule has 0 aromatic carbocycles. The zero-order valence-corrected chi connectivity index (χ0v) is 8.96. The Morgan fingerprint density at radius 1 is 1.18 bits per heavy atom. The molecule has 7 heteroatoms. The lowest BCUT2D eigenvalue weighted by atomic mass is 9.68. The van der Waals surface area contributed by atoms with Crippen molar-refractivity contribution in [2.75, 3.05) is 0 Å². The van der Waals surface area contributed by atoms with Gasteiger partial charge in [-0.15, -0.1) is 0 Å². The summed E-state index contributed by atoms with van der Waals surface area (Å²) >= 11 is 0. The molecule has 1 aliphatic rings. The molecule has 0 heterocycles. The molecular weight excluding hydrogens is 241 g/mol. The lowest BCUT2D eigenvalue weighted by molar-refractivity contribution is -0.192. The van der Waals surface area contributed by atoms with Crippen molar-refractivity contribution in [3.63, 3.8) is 0 Å². The van der Waals surface area contributed by atoms with E-state index in [1.165, 1.54) is 0 Å². The van der Waals surface area contributed by atoms with Crippen LogP contribution in [0.15, 0.2) is 0 Å². The number of hydrogen-bond acceptors (Lipinski definition) is 2. The van der Waals surface area contributed by atoms with Crippen LogP contribution in [0.1, 0.15) is 32.1 Å². The summed E-state index contributed by atoms with van der Waals surface area (Å²) in [5.74, 6) is -4.12. The maximum atomic E-state index is 12.4. The SMILES string of the molecule is O=C(O)CC1(C(=O)O)CCC(C(F)(F)F)CC1. The first-order valence-corrected chi connectivity index (χ1v) is 5.19. The van der Waals surface area contributed by atoms with E-state index >= 15 is 0 Å². The normalized spacial score (nSPS) is 29.9. The van der Waals surface area contributed by atoms with E-state index in [1.807, 2.05) is 0 Å². The monoisotopic (exact) mass is 254 g/mol. The number of alkyl halides is 3. The van der Waals surface area contributed by atoms with Crippen LogP contribution < -0.4 is 0 Å². The summed E-state index contributed by atoms with van der Waals surface area (Å²) in [7, 11) is 0. The Labute approximate surface area is 95.4 Å². The Kier molecular flexibility index (Phi) is 3.68. The maximum Gasteiger partial charge on any atom is 0.391 e. The average Bonchev–Trinajstić information content (AvgIpc) is 2.15. The predicted molar refractivity (Wildman–Crippen MR) is 50.3 cm³/mol. The molecule has 1 saturated carbocycles. The summed E-state index contributed by atoms with van der Waals surface area (Å²) in [6.45, 7) is 0. The van der Waals surface area contributed by atoms with E-state index in [-0.39, 0.29) is 25.7 Å². The van der Waals surface area contributed by atoms with Crippen molar-refractivity contribution in [1.29, 1.82) is 0 Å². The second kappa shape index (κ2) is 4.54. The van der Waals surface area contributed by atoms with Crippen LogP contribution in [0.4, 0.5) is 13.2 Å². The molecule has 0 spiro atoms. The zero-order chi connectivity index (χ0) is 13.3. The third kappa shape index (κ3) is 3.10. The van der Waals surface area contributed by atoms with Gasteiger partial charge in [0.05, 0.1) is 17.8 Å². The Hall–Kier alpha value is -1.27. The molecular formula is C10H13F3O4. The molecule has 1 fully saturated rings. The van der Waals surface area contributed by atoms with Gasteiger partial charge in [-0.1, -0.05) is 0 Å². The van der Waals surface area contributed by atoms with E-state index in [0.717, 1.165) is 0 Å². The first-order valence-electron chi connectivity index (χ1n) is 5.19. The Morgan fingerprint density at radius 2 is 1.65 bits per heavy atom. The highest BCUT2D eigenvalue weighted by molar-refractivity contribution is 5.81. The van der Waals surface area contributed by atoms with Crippen molar-refractivity contribution < 1.29 is 33.0 Å². The number of aliphatic carboxylic acids is 2. The summed E-state index contributed by atoms with van der Waals surface area (Å²) < 4.78 is 37.2. The molecule has 0 amide bonds. The van der Waals surface area contributed by atoms with E-state index in [2.05, 4.69) is 0 Å². The molecule has 1 rings (SSSR count). The lowest BCUT2D eigenvalue weighted by Crippen LogP contribution is -2.40. The number of rotatable bonds is 3. The summed E-state index contributed by atoms with van der Waals surface area (Å²) in [4.78, 5) is 21.6. The molecule has 0 aliphatic heterocycles. The largest absolute Gasteiger partial charge is 0.481 e. The molecule has 4 nitrogen and oxygen atoms in total. The summed E-state index contributed by atoms with van der Waals surface area (Å²) in [6.07, 6.45) is -6.05. The zero-order valence-electron chi connectivity index (χ0n) is 8.96. The molecule has 17 heavy (non-hydrogen) atoms. The van der Waals surface area contributed by atoms with Crippen LogP contribution in [0.2, 0.25) is 0 Å². The van der Waals surface area contributed by atoms with Gasteiger partial charge in [0.1, 0.15) is 0 Å². The lowest BCUT2D eigenvalue weighted by Gasteiger charge is -2.36. The van der Waals surface area contributed by atoms with Crippen molar-refractivity contribution in [2.45, 2.75) is 38.3 Å². The van der Waals surface area contributed by atoms with Crippen LogP contribution in [-0.4, -0.2) is 28.3 Å². The average molecular weight is 254 g/mol. The molecule has 0 aromatic rings. The topological polar surface area (TPSA) is 74.6 Å². The number of halogens is 3. The minimum atomic E-state index is -4.33. The number of carboxylic acid groups (broad SMARTS) is 2. The van der Waals surface area contributed by atoms with E-state index in [4.69, 9.17) is 10.2 Å². The van der Waals surface area contributed by atoms with Crippen molar-refractivity contribution in [1.82, 2.24) is 0 Å². The molecule has 0 bridgehead atoms. The fourth-order valence-electron chi connectivity index (χ4n) is 2.25. The standard InChI is InChI=1S/C10H13F3O4/c11-10(12,13)6-1-3-9(4-2-6,8(16)17)5-7(14)15/h6H,1-5H2,(H,14,15)(H,16,17). The first kappa shape index (κ1) is 13.8. The van der Waals surface area contributed by atoms with Crippen LogP contribution in [0, 0.1) is 11.3 Å². The van der Waals surface area contributed by atoms with Gasteiger partial charge in [0.2, 0.25) is 0 Å². The van der Waals surface area contributed by atoms with E-state index in [9.17, 15) is 22.8 Å². The molecule has 0 aromatic heterocycles. The first-order chi connectivity index (χ1) is 7.67. The van der Waals surface area contributed by atoms with Crippen molar-refractivity contribution in [3.05, 3.63) is 0 Å². The quantitative estimate of drug-likeness (QED) is 0.810. The van der Waals surface area contributed by atoms with Crippen LogP contribution in [-0.2, 0) is 9.59 Å². The number of carboxylic acids is 2. The van der Waals surface area contributed by atoms with E-state index < -0.39 is 35.9 Å². The van der Waals surface area contributed by atoms with Crippen LogP contribution >= 0.6 is 0 Å². The Bertz CT molecular complexity index is 316. The fourth-order valence-corrected chi connectivity index (χ4v) is 2.25. The van der Waals surface area contributed by atoms with Gasteiger partial charge in [-0.05, 0) is 25.7 Å². The van der Waals surface area contributed by atoms with E-state index in [0.29, 0.717) is 0 Å². The van der Waals surface area contributed by atoms with Crippen LogP contribution in [0.5, 0.6) is 0 Å². The molecule has 0 saturated heterocycles. The molecule has 2 N–H and O–H groups in total. The van der Waals surface area contributed by atoms with Crippen molar-refractivity contribution in [2.24, 2.45) is 11.3 Å². The van der Waals surface area contributed by atoms with Gasteiger partial charge < -0.3 is 10.2 Å². The summed E-state index contributed by atoms with van der Waals surface area (Å²) in [6, 6.07) is 0. The van der Waals surface area contributed by atoms with Gasteiger partial charge in [-0.2, -0.15) is 13.2 Å². The van der Waals surface area contributed by atoms with Gasteiger partial charge >= 0.3 is 18.1 Å². The van der Waals surface area contributed by atoms with Gasteiger partial charge in [-0.25, -0.2) is 0 Å². The highest BCUT2D eigenvalue weighted by atomic mass is 19.4. The minimum Gasteiger partial charge on any atom is -0.481 e. The summed E-state index contributed by atoms with van der Waals surface area (Å²) in [5.41, 5.74) is -1.53. The van der Waals surface area contributed by atoms with Gasteiger partial charge in [0.25, 0.3) is 0 Å². The predicted octanol–water partition coefficient (Wildman–Crippen LogP) is 2.28. The molecule has 1 aliphatic carbocycles.